The standard InChI is InChI=1S/C20H26N2O3/c1-13-7-8-14(2)22(13)17-11-9-16(10-12-17)19(24)25-15(3)18(23)21-20(4,5)6/h7-12,15H,1-6H3,(H,21,23)/t15-/m0/s1. The highest BCUT2D eigenvalue weighted by Gasteiger charge is 2.22. The number of hydrogen-bond acceptors (Lipinski definition) is 3. The average molecular weight is 342 g/mol. The Morgan fingerprint density at radius 3 is 2.00 bits per heavy atom. The number of nitrogens with one attached hydrogen (secondary N) is 1. The largest absolute Gasteiger partial charge is 0.449 e. The first-order chi connectivity index (χ1) is 11.6. The van der Waals surface area contributed by atoms with Crippen molar-refractivity contribution < 1.29 is 14.3 Å². The summed E-state index contributed by atoms with van der Waals surface area (Å²) in [5.41, 5.74) is 3.28. The van der Waals surface area contributed by atoms with Gasteiger partial charge in [0.1, 0.15) is 0 Å². The Morgan fingerprint density at radius 2 is 1.52 bits per heavy atom. The van der Waals surface area contributed by atoms with Crippen LogP contribution in [-0.2, 0) is 9.53 Å². The molecule has 1 amide bonds. The van der Waals surface area contributed by atoms with Crippen molar-refractivity contribution in [2.75, 3.05) is 0 Å². The van der Waals surface area contributed by atoms with Gasteiger partial charge in [0.05, 0.1) is 5.56 Å². The van der Waals surface area contributed by atoms with Gasteiger partial charge < -0.3 is 14.6 Å². The fraction of sp³-hybridized carbons (Fsp3) is 0.400. The second-order valence-corrected chi connectivity index (χ2v) is 7.29. The quantitative estimate of drug-likeness (QED) is 0.864. The summed E-state index contributed by atoms with van der Waals surface area (Å²) in [4.78, 5) is 24.3. The summed E-state index contributed by atoms with van der Waals surface area (Å²) in [5, 5.41) is 2.80. The van der Waals surface area contributed by atoms with Crippen LogP contribution in [-0.4, -0.2) is 28.1 Å². The van der Waals surface area contributed by atoms with E-state index in [1.165, 1.54) is 0 Å². The van der Waals surface area contributed by atoms with Crippen LogP contribution in [0.2, 0.25) is 0 Å². The van der Waals surface area contributed by atoms with Gasteiger partial charge in [-0.05, 0) is 77.9 Å². The molecule has 1 N–H and O–H groups in total. The minimum atomic E-state index is -0.847. The molecule has 2 aromatic rings. The van der Waals surface area contributed by atoms with E-state index in [2.05, 4.69) is 9.88 Å². The predicted octanol–water partition coefficient (Wildman–Crippen LogP) is 3.55. The molecule has 0 spiro atoms. The highest BCUT2D eigenvalue weighted by atomic mass is 16.5. The average Bonchev–Trinajstić information content (AvgIpc) is 2.84. The van der Waals surface area contributed by atoms with Gasteiger partial charge in [0, 0.05) is 22.6 Å². The van der Waals surface area contributed by atoms with Gasteiger partial charge in [0.2, 0.25) is 0 Å². The number of ether oxygens (including phenoxy) is 1. The van der Waals surface area contributed by atoms with Crippen LogP contribution in [0.3, 0.4) is 0 Å². The van der Waals surface area contributed by atoms with Gasteiger partial charge in [-0.1, -0.05) is 0 Å². The Balaban J connectivity index is 2.07. The van der Waals surface area contributed by atoms with Gasteiger partial charge in [-0.25, -0.2) is 4.79 Å². The van der Waals surface area contributed by atoms with Crippen molar-refractivity contribution in [3.05, 3.63) is 53.3 Å². The smallest absolute Gasteiger partial charge is 0.338 e. The van der Waals surface area contributed by atoms with Gasteiger partial charge in [-0.3, -0.25) is 4.79 Å². The maximum absolute atomic E-state index is 12.2. The van der Waals surface area contributed by atoms with Crippen molar-refractivity contribution >= 4 is 11.9 Å². The van der Waals surface area contributed by atoms with Crippen LogP contribution in [0.5, 0.6) is 0 Å². The highest BCUT2D eigenvalue weighted by Crippen LogP contribution is 2.17. The Kier molecular flexibility index (Phi) is 5.36. The second-order valence-electron chi connectivity index (χ2n) is 7.29. The molecule has 0 saturated carbocycles. The van der Waals surface area contributed by atoms with Crippen molar-refractivity contribution in [1.29, 1.82) is 0 Å². The van der Waals surface area contributed by atoms with E-state index >= 15 is 0 Å². The molecule has 1 aromatic heterocycles. The molecule has 0 aliphatic carbocycles. The molecule has 0 radical (unpaired) electrons. The monoisotopic (exact) mass is 342 g/mol. The molecule has 1 aromatic carbocycles. The molecule has 1 heterocycles. The summed E-state index contributed by atoms with van der Waals surface area (Å²) in [6.45, 7) is 11.3. The third-order valence-electron chi connectivity index (χ3n) is 3.78. The van der Waals surface area contributed by atoms with Crippen molar-refractivity contribution in [1.82, 2.24) is 9.88 Å². The lowest BCUT2D eigenvalue weighted by atomic mass is 10.1. The van der Waals surface area contributed by atoms with Crippen LogP contribution in [0.15, 0.2) is 36.4 Å². The normalized spacial score (nSPS) is 12.6. The van der Waals surface area contributed by atoms with Gasteiger partial charge in [-0.2, -0.15) is 0 Å². The first-order valence-corrected chi connectivity index (χ1v) is 8.37. The minimum Gasteiger partial charge on any atom is -0.449 e. The van der Waals surface area contributed by atoms with E-state index in [-0.39, 0.29) is 11.4 Å². The second kappa shape index (κ2) is 7.13. The zero-order valence-electron chi connectivity index (χ0n) is 15.7. The Bertz CT molecular complexity index is 748. The lowest BCUT2D eigenvalue weighted by Gasteiger charge is -2.23. The van der Waals surface area contributed by atoms with E-state index in [0.29, 0.717) is 5.56 Å². The molecular formula is C20H26N2O3. The maximum atomic E-state index is 12.2. The summed E-state index contributed by atoms with van der Waals surface area (Å²) in [6, 6.07) is 11.3. The minimum absolute atomic E-state index is 0.309. The van der Waals surface area contributed by atoms with Crippen molar-refractivity contribution in [2.24, 2.45) is 0 Å². The van der Waals surface area contributed by atoms with E-state index in [9.17, 15) is 9.59 Å². The number of aromatic nitrogens is 1. The first-order valence-electron chi connectivity index (χ1n) is 8.37. The number of esters is 1. The number of amides is 1. The molecular weight excluding hydrogens is 316 g/mol. The van der Waals surface area contributed by atoms with Gasteiger partial charge in [0.15, 0.2) is 6.10 Å². The molecule has 1 atom stereocenters. The number of nitrogens with zero attached hydrogens (tertiary/aromatic N) is 1. The summed E-state index contributed by atoms with van der Waals surface area (Å²) >= 11 is 0. The summed E-state index contributed by atoms with van der Waals surface area (Å²) in [7, 11) is 0. The molecule has 0 unspecified atom stereocenters. The number of aryl methyl sites for hydroxylation is 2. The lowest BCUT2D eigenvalue weighted by molar-refractivity contribution is -0.130. The number of hydrogen-bond donors (Lipinski definition) is 1. The molecule has 0 aliphatic heterocycles. The third kappa shape index (κ3) is 4.72. The number of benzene rings is 1. The van der Waals surface area contributed by atoms with Crippen molar-refractivity contribution in [3.8, 4) is 5.69 Å². The van der Waals surface area contributed by atoms with Crippen LogP contribution < -0.4 is 5.32 Å². The molecule has 0 fully saturated rings. The molecule has 134 valence electrons. The molecule has 25 heavy (non-hydrogen) atoms. The van der Waals surface area contributed by atoms with Gasteiger partial charge in [0.25, 0.3) is 5.91 Å². The van der Waals surface area contributed by atoms with E-state index in [0.717, 1.165) is 17.1 Å². The fourth-order valence-corrected chi connectivity index (χ4v) is 2.58. The molecule has 5 nitrogen and oxygen atoms in total. The van der Waals surface area contributed by atoms with Crippen molar-refractivity contribution in [3.63, 3.8) is 0 Å². The molecule has 5 heteroatoms. The zero-order chi connectivity index (χ0) is 18.8. The summed E-state index contributed by atoms with van der Waals surface area (Å²) in [6.07, 6.45) is -0.847. The van der Waals surface area contributed by atoms with Crippen LogP contribution in [0.1, 0.15) is 49.4 Å². The summed E-state index contributed by atoms with van der Waals surface area (Å²) < 4.78 is 7.37. The highest BCUT2D eigenvalue weighted by molar-refractivity contribution is 5.92. The third-order valence-corrected chi connectivity index (χ3v) is 3.78. The molecule has 0 bridgehead atoms. The topological polar surface area (TPSA) is 60.3 Å². The molecule has 0 saturated heterocycles. The predicted molar refractivity (Wildman–Crippen MR) is 98.0 cm³/mol. The van der Waals surface area contributed by atoms with Crippen LogP contribution in [0.4, 0.5) is 0 Å². The van der Waals surface area contributed by atoms with Crippen LogP contribution in [0.25, 0.3) is 5.69 Å². The maximum Gasteiger partial charge on any atom is 0.338 e. The van der Waals surface area contributed by atoms with E-state index in [4.69, 9.17) is 4.74 Å². The van der Waals surface area contributed by atoms with Crippen molar-refractivity contribution in [2.45, 2.75) is 53.2 Å². The zero-order valence-corrected chi connectivity index (χ0v) is 15.7. The van der Waals surface area contributed by atoms with E-state index in [1.807, 2.05) is 58.9 Å². The van der Waals surface area contributed by atoms with Gasteiger partial charge >= 0.3 is 5.97 Å². The summed E-state index contributed by atoms with van der Waals surface area (Å²) in [5.74, 6) is -0.819. The number of carbonyl (C=O) groups excluding carboxylic acids is 2. The SMILES string of the molecule is Cc1ccc(C)n1-c1ccc(C(=O)O[C@@H](C)C(=O)NC(C)(C)C)cc1. The molecule has 2 rings (SSSR count). The lowest BCUT2D eigenvalue weighted by Crippen LogP contribution is -2.46. The number of carbonyl (C=O) groups is 2. The van der Waals surface area contributed by atoms with E-state index in [1.54, 1.807) is 19.1 Å². The Morgan fingerprint density at radius 1 is 1.00 bits per heavy atom. The van der Waals surface area contributed by atoms with Gasteiger partial charge in [-0.15, -0.1) is 0 Å². The Hall–Kier alpha value is -2.56. The fourth-order valence-electron chi connectivity index (χ4n) is 2.58. The van der Waals surface area contributed by atoms with Crippen LogP contribution >= 0.6 is 0 Å². The molecule has 0 aliphatic rings. The van der Waals surface area contributed by atoms with E-state index < -0.39 is 12.1 Å². The first kappa shape index (κ1) is 18.8. The van der Waals surface area contributed by atoms with Crippen LogP contribution in [0, 0.1) is 13.8 Å². The number of rotatable bonds is 4. The Labute approximate surface area is 149 Å².